The molecule has 122 valence electrons. The molecule has 3 nitrogen and oxygen atoms in total. The highest BCUT2D eigenvalue weighted by Crippen LogP contribution is 2.22. The Labute approximate surface area is 147 Å². The Morgan fingerprint density at radius 3 is 2.35 bits per heavy atom. The second kappa shape index (κ2) is 8.23. The normalized spacial score (nSPS) is 10.7. The van der Waals surface area contributed by atoms with Crippen molar-refractivity contribution in [2.75, 3.05) is 11.9 Å². The molecule has 0 heterocycles. The van der Waals surface area contributed by atoms with E-state index in [-0.39, 0.29) is 6.03 Å². The van der Waals surface area contributed by atoms with Crippen molar-refractivity contribution in [3.05, 3.63) is 63.6 Å². The van der Waals surface area contributed by atoms with Crippen molar-refractivity contribution in [3.8, 4) is 0 Å². The van der Waals surface area contributed by atoms with Crippen molar-refractivity contribution >= 4 is 34.9 Å². The largest absolute Gasteiger partial charge is 0.338 e. The number of halogens is 2. The first-order chi connectivity index (χ1) is 11.0. The van der Waals surface area contributed by atoms with Crippen LogP contribution in [-0.2, 0) is 6.42 Å². The van der Waals surface area contributed by atoms with Gasteiger partial charge in [0.05, 0.1) is 10.0 Å². The van der Waals surface area contributed by atoms with Gasteiger partial charge in [-0.2, -0.15) is 0 Å². The molecule has 0 aromatic heterocycles. The van der Waals surface area contributed by atoms with Gasteiger partial charge in [0.25, 0.3) is 0 Å². The van der Waals surface area contributed by atoms with Crippen LogP contribution < -0.4 is 10.6 Å². The van der Waals surface area contributed by atoms with Crippen LogP contribution in [0.3, 0.4) is 0 Å². The predicted molar refractivity (Wildman–Crippen MR) is 97.7 cm³/mol. The number of anilines is 1. The molecule has 0 spiro atoms. The molecule has 0 radical (unpaired) electrons. The number of rotatable bonds is 5. The zero-order valence-corrected chi connectivity index (χ0v) is 14.7. The topological polar surface area (TPSA) is 41.1 Å². The van der Waals surface area contributed by atoms with Gasteiger partial charge in [0.1, 0.15) is 0 Å². The lowest BCUT2D eigenvalue weighted by Gasteiger charge is -2.10. The molecule has 23 heavy (non-hydrogen) atoms. The van der Waals surface area contributed by atoms with Gasteiger partial charge in [0.15, 0.2) is 0 Å². The Kier molecular flexibility index (Phi) is 6.31. The van der Waals surface area contributed by atoms with Gasteiger partial charge in [-0.05, 0) is 47.7 Å². The van der Waals surface area contributed by atoms with E-state index < -0.39 is 0 Å². The Bertz CT molecular complexity index is 669. The molecule has 2 aromatic carbocycles. The average molecular weight is 351 g/mol. The Hall–Kier alpha value is -1.71. The first-order valence-corrected chi connectivity index (χ1v) is 8.30. The Morgan fingerprint density at radius 2 is 1.74 bits per heavy atom. The molecule has 0 aliphatic rings. The highest BCUT2D eigenvalue weighted by Gasteiger charge is 2.04. The molecule has 0 bridgehead atoms. The molecule has 0 saturated heterocycles. The van der Waals surface area contributed by atoms with E-state index in [2.05, 4.69) is 24.5 Å². The van der Waals surface area contributed by atoms with Crippen molar-refractivity contribution in [1.82, 2.24) is 5.32 Å². The molecular weight excluding hydrogens is 331 g/mol. The molecular formula is C18H20Cl2N2O. The number of carbonyl (C=O) groups is 1. The second-order valence-electron chi connectivity index (χ2n) is 5.66. The van der Waals surface area contributed by atoms with E-state index in [0.29, 0.717) is 28.9 Å². The number of hydrogen-bond acceptors (Lipinski definition) is 1. The molecule has 2 N–H and O–H groups in total. The lowest BCUT2D eigenvalue weighted by atomic mass is 10.0. The zero-order chi connectivity index (χ0) is 16.8. The number of benzene rings is 2. The van der Waals surface area contributed by atoms with E-state index in [9.17, 15) is 4.79 Å². The van der Waals surface area contributed by atoms with Gasteiger partial charge in [-0.25, -0.2) is 4.79 Å². The molecule has 0 unspecified atom stereocenters. The number of nitrogens with one attached hydrogen (secondary N) is 2. The number of hydrogen-bond donors (Lipinski definition) is 2. The van der Waals surface area contributed by atoms with Gasteiger partial charge in [0, 0.05) is 12.2 Å². The molecule has 0 aliphatic carbocycles. The fourth-order valence-electron chi connectivity index (χ4n) is 2.14. The zero-order valence-electron chi connectivity index (χ0n) is 13.2. The minimum Gasteiger partial charge on any atom is -0.338 e. The lowest BCUT2D eigenvalue weighted by molar-refractivity contribution is 0.252. The first kappa shape index (κ1) is 17.6. The summed E-state index contributed by atoms with van der Waals surface area (Å²) in [7, 11) is 0. The molecule has 2 amide bonds. The van der Waals surface area contributed by atoms with Gasteiger partial charge in [-0.15, -0.1) is 0 Å². The van der Waals surface area contributed by atoms with E-state index in [1.807, 2.05) is 36.4 Å². The quantitative estimate of drug-likeness (QED) is 0.736. The van der Waals surface area contributed by atoms with Crippen molar-refractivity contribution in [2.24, 2.45) is 0 Å². The predicted octanol–water partition coefficient (Wildman–Crippen LogP) is 5.48. The maximum atomic E-state index is 11.9. The summed E-state index contributed by atoms with van der Waals surface area (Å²) in [5.74, 6) is 0.476. The molecule has 0 saturated carbocycles. The fraction of sp³-hybridized carbons (Fsp3) is 0.278. The molecule has 2 rings (SSSR count). The van der Waals surface area contributed by atoms with Crippen LogP contribution in [0.25, 0.3) is 0 Å². The summed E-state index contributed by atoms with van der Waals surface area (Å²) in [6.07, 6.45) is 0.691. The van der Waals surface area contributed by atoms with Crippen LogP contribution in [-0.4, -0.2) is 12.6 Å². The van der Waals surface area contributed by atoms with Crippen LogP contribution in [0.1, 0.15) is 30.9 Å². The van der Waals surface area contributed by atoms with Gasteiger partial charge >= 0.3 is 6.03 Å². The average Bonchev–Trinajstić information content (AvgIpc) is 2.51. The molecule has 0 fully saturated rings. The maximum absolute atomic E-state index is 11.9. The summed E-state index contributed by atoms with van der Waals surface area (Å²) in [6, 6.07) is 13.1. The summed E-state index contributed by atoms with van der Waals surface area (Å²) in [6.45, 7) is 4.80. The van der Waals surface area contributed by atoms with Crippen molar-refractivity contribution in [1.29, 1.82) is 0 Å². The van der Waals surface area contributed by atoms with Crippen molar-refractivity contribution in [3.63, 3.8) is 0 Å². The van der Waals surface area contributed by atoms with E-state index in [4.69, 9.17) is 23.2 Å². The third-order valence-corrected chi connectivity index (χ3v) is 4.26. The standard InChI is InChI=1S/C18H20Cl2N2O/c1-12(2)14-4-6-15(7-5-14)22-18(23)21-10-9-13-3-8-16(19)17(20)11-13/h3-8,11-12H,9-10H2,1-2H3,(H2,21,22,23). The molecule has 2 aromatic rings. The van der Waals surface area contributed by atoms with Crippen LogP contribution in [0.4, 0.5) is 10.5 Å². The van der Waals surface area contributed by atoms with E-state index in [1.165, 1.54) is 5.56 Å². The van der Waals surface area contributed by atoms with Crippen LogP contribution in [0, 0.1) is 0 Å². The van der Waals surface area contributed by atoms with Gasteiger partial charge < -0.3 is 10.6 Å². The summed E-state index contributed by atoms with van der Waals surface area (Å²) in [5, 5.41) is 6.70. The summed E-state index contributed by atoms with van der Waals surface area (Å²) >= 11 is 11.8. The molecule has 0 atom stereocenters. The first-order valence-electron chi connectivity index (χ1n) is 7.54. The minimum absolute atomic E-state index is 0.220. The van der Waals surface area contributed by atoms with E-state index >= 15 is 0 Å². The smallest absolute Gasteiger partial charge is 0.319 e. The Balaban J connectivity index is 1.79. The summed E-state index contributed by atoms with van der Waals surface area (Å²) in [4.78, 5) is 11.9. The van der Waals surface area contributed by atoms with Gasteiger partial charge in [0.2, 0.25) is 0 Å². The lowest BCUT2D eigenvalue weighted by Crippen LogP contribution is -2.30. The highest BCUT2D eigenvalue weighted by molar-refractivity contribution is 6.42. The number of urea groups is 1. The molecule has 5 heteroatoms. The third-order valence-electron chi connectivity index (χ3n) is 3.52. The minimum atomic E-state index is -0.220. The van der Waals surface area contributed by atoms with E-state index in [1.54, 1.807) is 6.07 Å². The Morgan fingerprint density at radius 1 is 1.04 bits per heavy atom. The van der Waals surface area contributed by atoms with Crippen molar-refractivity contribution < 1.29 is 4.79 Å². The van der Waals surface area contributed by atoms with Crippen molar-refractivity contribution in [2.45, 2.75) is 26.2 Å². The third kappa shape index (κ3) is 5.45. The van der Waals surface area contributed by atoms with E-state index in [0.717, 1.165) is 11.3 Å². The fourth-order valence-corrected chi connectivity index (χ4v) is 2.46. The maximum Gasteiger partial charge on any atom is 0.319 e. The monoisotopic (exact) mass is 350 g/mol. The summed E-state index contributed by atoms with van der Waals surface area (Å²) in [5.41, 5.74) is 3.05. The van der Waals surface area contributed by atoms with Crippen LogP contribution in [0.2, 0.25) is 10.0 Å². The van der Waals surface area contributed by atoms with Crippen LogP contribution >= 0.6 is 23.2 Å². The second-order valence-corrected chi connectivity index (χ2v) is 6.47. The van der Waals surface area contributed by atoms with Crippen LogP contribution in [0.5, 0.6) is 0 Å². The number of carbonyl (C=O) groups excluding carboxylic acids is 1. The molecule has 0 aliphatic heterocycles. The van der Waals surface area contributed by atoms with Crippen LogP contribution in [0.15, 0.2) is 42.5 Å². The SMILES string of the molecule is CC(C)c1ccc(NC(=O)NCCc2ccc(Cl)c(Cl)c2)cc1. The van der Waals surface area contributed by atoms with Gasteiger partial charge in [-0.3, -0.25) is 0 Å². The highest BCUT2D eigenvalue weighted by atomic mass is 35.5. The van der Waals surface area contributed by atoms with Gasteiger partial charge in [-0.1, -0.05) is 55.2 Å². The number of amides is 2. The summed E-state index contributed by atoms with van der Waals surface area (Å²) < 4.78 is 0.